The van der Waals surface area contributed by atoms with Gasteiger partial charge in [0.15, 0.2) is 0 Å². The highest BCUT2D eigenvalue weighted by atomic mass is 16.4. The smallest absolute Gasteiger partial charge is 0.339 e. The van der Waals surface area contributed by atoms with E-state index in [0.717, 1.165) is 11.7 Å². The molecule has 106 valence electrons. The summed E-state index contributed by atoms with van der Waals surface area (Å²) in [4.78, 5) is 11.0. The van der Waals surface area contributed by atoms with Gasteiger partial charge in [-0.1, -0.05) is 26.2 Å². The normalized spacial score (nSPS) is 23.5. The number of carboxylic acids is 1. The van der Waals surface area contributed by atoms with E-state index in [2.05, 4.69) is 12.2 Å². The summed E-state index contributed by atoms with van der Waals surface area (Å²) in [6.07, 6.45) is 6.33. The van der Waals surface area contributed by atoms with E-state index in [-0.39, 0.29) is 5.56 Å². The summed E-state index contributed by atoms with van der Waals surface area (Å²) in [5.41, 5.74) is 0.271. The summed E-state index contributed by atoms with van der Waals surface area (Å²) < 4.78 is 5.49. The molecule has 4 heteroatoms. The predicted octanol–water partition coefficient (Wildman–Crippen LogP) is 3.34. The van der Waals surface area contributed by atoms with Crippen LogP contribution in [0.4, 0.5) is 0 Å². The standard InChI is InChI=1S/C15H23NO3/c1-3-11-6-4-5-7-14(11)16-9-12-8-13(15(17)18)10(2)19-12/h8,11,14,16H,3-7,9H2,1-2H3,(H,17,18). The van der Waals surface area contributed by atoms with Gasteiger partial charge in [0.1, 0.15) is 17.1 Å². The van der Waals surface area contributed by atoms with Crippen LogP contribution in [0.3, 0.4) is 0 Å². The van der Waals surface area contributed by atoms with E-state index in [9.17, 15) is 4.79 Å². The molecule has 0 aliphatic heterocycles. The fourth-order valence-electron chi connectivity index (χ4n) is 3.04. The molecule has 1 fully saturated rings. The van der Waals surface area contributed by atoms with Gasteiger partial charge in [0, 0.05) is 6.04 Å². The maximum atomic E-state index is 11.0. The van der Waals surface area contributed by atoms with Gasteiger partial charge in [-0.3, -0.25) is 0 Å². The number of furan rings is 1. The molecule has 0 aromatic carbocycles. The van der Waals surface area contributed by atoms with Crippen molar-refractivity contribution in [2.45, 2.75) is 58.5 Å². The van der Waals surface area contributed by atoms with Crippen molar-refractivity contribution in [3.05, 3.63) is 23.2 Å². The molecule has 1 aliphatic carbocycles. The molecule has 0 radical (unpaired) electrons. The fourth-order valence-corrected chi connectivity index (χ4v) is 3.04. The van der Waals surface area contributed by atoms with Gasteiger partial charge in [0.2, 0.25) is 0 Å². The Kier molecular flexibility index (Phi) is 4.64. The summed E-state index contributed by atoms with van der Waals surface area (Å²) >= 11 is 0. The first kappa shape index (κ1) is 14.1. The largest absolute Gasteiger partial charge is 0.478 e. The molecular weight excluding hydrogens is 242 g/mol. The maximum Gasteiger partial charge on any atom is 0.339 e. The highest BCUT2D eigenvalue weighted by molar-refractivity contribution is 5.88. The minimum Gasteiger partial charge on any atom is -0.478 e. The SMILES string of the molecule is CCC1CCCCC1NCc1cc(C(=O)O)c(C)o1. The van der Waals surface area contributed by atoms with Crippen molar-refractivity contribution in [3.63, 3.8) is 0 Å². The van der Waals surface area contributed by atoms with Crippen molar-refractivity contribution in [2.24, 2.45) is 5.92 Å². The van der Waals surface area contributed by atoms with Crippen molar-refractivity contribution < 1.29 is 14.3 Å². The third-order valence-corrected chi connectivity index (χ3v) is 4.17. The highest BCUT2D eigenvalue weighted by Crippen LogP contribution is 2.27. The lowest BCUT2D eigenvalue weighted by atomic mass is 9.83. The number of aryl methyl sites for hydroxylation is 1. The zero-order valence-corrected chi connectivity index (χ0v) is 11.7. The monoisotopic (exact) mass is 265 g/mol. The Morgan fingerprint density at radius 3 is 2.84 bits per heavy atom. The second kappa shape index (κ2) is 6.24. The third kappa shape index (κ3) is 3.38. The Hall–Kier alpha value is -1.29. The van der Waals surface area contributed by atoms with E-state index >= 15 is 0 Å². The van der Waals surface area contributed by atoms with E-state index in [0.29, 0.717) is 18.3 Å². The fraction of sp³-hybridized carbons (Fsp3) is 0.667. The van der Waals surface area contributed by atoms with Crippen LogP contribution in [0.1, 0.15) is 60.9 Å². The van der Waals surface area contributed by atoms with Crippen LogP contribution in [0.25, 0.3) is 0 Å². The topological polar surface area (TPSA) is 62.5 Å². The molecular formula is C15H23NO3. The number of rotatable bonds is 5. The van der Waals surface area contributed by atoms with Crippen LogP contribution in [0, 0.1) is 12.8 Å². The molecule has 2 N–H and O–H groups in total. The zero-order chi connectivity index (χ0) is 13.8. The second-order valence-corrected chi connectivity index (χ2v) is 5.43. The quantitative estimate of drug-likeness (QED) is 0.857. The molecule has 19 heavy (non-hydrogen) atoms. The second-order valence-electron chi connectivity index (χ2n) is 5.43. The molecule has 1 aromatic rings. The van der Waals surface area contributed by atoms with Crippen molar-refractivity contribution in [1.82, 2.24) is 5.32 Å². The van der Waals surface area contributed by atoms with Crippen LogP contribution >= 0.6 is 0 Å². The highest BCUT2D eigenvalue weighted by Gasteiger charge is 2.23. The molecule has 0 amide bonds. The van der Waals surface area contributed by atoms with Gasteiger partial charge < -0.3 is 14.8 Å². The molecule has 0 spiro atoms. The number of hydrogen-bond donors (Lipinski definition) is 2. The molecule has 1 heterocycles. The average molecular weight is 265 g/mol. The Morgan fingerprint density at radius 1 is 1.47 bits per heavy atom. The number of nitrogens with one attached hydrogen (secondary N) is 1. The lowest BCUT2D eigenvalue weighted by Gasteiger charge is -2.31. The van der Waals surface area contributed by atoms with Gasteiger partial charge in [-0.15, -0.1) is 0 Å². The van der Waals surface area contributed by atoms with E-state index in [4.69, 9.17) is 9.52 Å². The number of carbonyl (C=O) groups is 1. The average Bonchev–Trinajstić information content (AvgIpc) is 2.78. The van der Waals surface area contributed by atoms with E-state index in [1.807, 2.05) is 0 Å². The van der Waals surface area contributed by atoms with Gasteiger partial charge in [-0.2, -0.15) is 0 Å². The lowest BCUT2D eigenvalue weighted by molar-refractivity contribution is 0.0695. The van der Waals surface area contributed by atoms with Crippen molar-refractivity contribution in [3.8, 4) is 0 Å². The van der Waals surface area contributed by atoms with Crippen LogP contribution in [-0.4, -0.2) is 17.1 Å². The Labute approximate surface area is 114 Å². The summed E-state index contributed by atoms with van der Waals surface area (Å²) in [6.45, 7) is 4.56. The van der Waals surface area contributed by atoms with Gasteiger partial charge in [-0.25, -0.2) is 4.79 Å². The molecule has 2 unspecified atom stereocenters. The molecule has 2 atom stereocenters. The number of carboxylic acid groups (broad SMARTS) is 1. The number of aromatic carboxylic acids is 1. The van der Waals surface area contributed by atoms with Crippen molar-refractivity contribution in [2.75, 3.05) is 0 Å². The van der Waals surface area contributed by atoms with Crippen LogP contribution in [0.5, 0.6) is 0 Å². The Morgan fingerprint density at radius 2 is 2.21 bits per heavy atom. The van der Waals surface area contributed by atoms with Crippen LogP contribution in [0.15, 0.2) is 10.5 Å². The van der Waals surface area contributed by atoms with Gasteiger partial charge in [0.25, 0.3) is 0 Å². The molecule has 0 bridgehead atoms. The third-order valence-electron chi connectivity index (χ3n) is 4.17. The molecule has 2 rings (SSSR count). The first-order valence-electron chi connectivity index (χ1n) is 7.17. The van der Waals surface area contributed by atoms with E-state index in [1.54, 1.807) is 13.0 Å². The van der Waals surface area contributed by atoms with Crippen LogP contribution in [0.2, 0.25) is 0 Å². The van der Waals surface area contributed by atoms with Gasteiger partial charge in [-0.05, 0) is 31.7 Å². The van der Waals surface area contributed by atoms with Gasteiger partial charge >= 0.3 is 5.97 Å². The minimum absolute atomic E-state index is 0.271. The van der Waals surface area contributed by atoms with Crippen molar-refractivity contribution >= 4 is 5.97 Å². The van der Waals surface area contributed by atoms with E-state index in [1.165, 1.54) is 32.1 Å². The Balaban J connectivity index is 1.94. The lowest BCUT2D eigenvalue weighted by Crippen LogP contribution is -2.37. The van der Waals surface area contributed by atoms with Gasteiger partial charge in [0.05, 0.1) is 6.54 Å². The van der Waals surface area contributed by atoms with E-state index < -0.39 is 5.97 Å². The summed E-state index contributed by atoms with van der Waals surface area (Å²) in [5, 5.41) is 12.5. The van der Waals surface area contributed by atoms with Crippen molar-refractivity contribution in [1.29, 1.82) is 0 Å². The summed E-state index contributed by atoms with van der Waals surface area (Å²) in [7, 11) is 0. The molecule has 1 saturated carbocycles. The molecule has 4 nitrogen and oxygen atoms in total. The first-order chi connectivity index (χ1) is 9.11. The van der Waals surface area contributed by atoms with Crippen LogP contribution < -0.4 is 5.32 Å². The summed E-state index contributed by atoms with van der Waals surface area (Å²) in [5.74, 6) is 1.02. The molecule has 0 saturated heterocycles. The predicted molar refractivity (Wildman–Crippen MR) is 73.3 cm³/mol. The molecule has 1 aromatic heterocycles. The van der Waals surface area contributed by atoms with Crippen LogP contribution in [-0.2, 0) is 6.54 Å². The summed E-state index contributed by atoms with van der Waals surface area (Å²) in [6, 6.07) is 2.17. The number of hydrogen-bond acceptors (Lipinski definition) is 3. The minimum atomic E-state index is -0.920. The molecule has 1 aliphatic rings. The zero-order valence-electron chi connectivity index (χ0n) is 11.7. The maximum absolute atomic E-state index is 11.0. The first-order valence-corrected chi connectivity index (χ1v) is 7.17. The Bertz CT molecular complexity index is 439.